The minimum absolute atomic E-state index is 0.483. The van der Waals surface area contributed by atoms with Gasteiger partial charge in [-0.3, -0.25) is 0 Å². The number of amides is 1. The lowest BCUT2D eigenvalue weighted by Crippen LogP contribution is -2.32. The van der Waals surface area contributed by atoms with E-state index in [-0.39, 0.29) is 0 Å². The van der Waals surface area contributed by atoms with Gasteiger partial charge in [-0.05, 0) is 18.1 Å². The van der Waals surface area contributed by atoms with Gasteiger partial charge in [0, 0.05) is 30.6 Å². The summed E-state index contributed by atoms with van der Waals surface area (Å²) in [6.45, 7) is 2.28. The molecule has 2 aromatic rings. The van der Waals surface area contributed by atoms with Crippen LogP contribution >= 0.6 is 23.2 Å². The van der Waals surface area contributed by atoms with Crippen molar-refractivity contribution in [3.8, 4) is 5.75 Å². The Balaban J connectivity index is 1.95. The van der Waals surface area contributed by atoms with Gasteiger partial charge in [0.2, 0.25) is 0 Å². The Labute approximate surface area is 137 Å². The van der Waals surface area contributed by atoms with Crippen LogP contribution in [-0.4, -0.2) is 40.4 Å². The number of aromatic nitrogens is 1. The Morgan fingerprint density at radius 2 is 1.95 bits per heavy atom. The third kappa shape index (κ3) is 1.88. The molecule has 0 aliphatic carbocycles. The second-order valence-electron chi connectivity index (χ2n) is 5.59. The fourth-order valence-corrected chi connectivity index (χ4v) is 4.17. The molecule has 2 aliphatic rings. The lowest BCUT2D eigenvalue weighted by atomic mass is 10.1. The summed E-state index contributed by atoms with van der Waals surface area (Å²) in [6, 6.07) is 1.72. The van der Waals surface area contributed by atoms with E-state index in [1.54, 1.807) is 6.07 Å². The number of rotatable bonds is 0. The molecule has 1 aromatic carbocycles. The van der Waals surface area contributed by atoms with Gasteiger partial charge >= 0.3 is 6.09 Å². The van der Waals surface area contributed by atoms with E-state index in [1.807, 2.05) is 0 Å². The molecule has 1 N–H and O–H groups in total. The van der Waals surface area contributed by atoms with Crippen LogP contribution in [0.2, 0.25) is 10.0 Å². The van der Waals surface area contributed by atoms with Crippen LogP contribution in [0, 0.1) is 0 Å². The summed E-state index contributed by atoms with van der Waals surface area (Å²) in [5.74, 6) is 0.690. The van der Waals surface area contributed by atoms with E-state index < -0.39 is 6.09 Å². The summed E-state index contributed by atoms with van der Waals surface area (Å²) in [4.78, 5) is 12.7. The zero-order valence-corrected chi connectivity index (χ0v) is 13.2. The zero-order valence-electron chi connectivity index (χ0n) is 11.7. The number of benzene rings is 1. The van der Waals surface area contributed by atoms with Gasteiger partial charge in [0.25, 0.3) is 0 Å². The van der Waals surface area contributed by atoms with Crippen molar-refractivity contribution in [1.82, 2.24) is 9.47 Å². The molecule has 2 aliphatic heterocycles. The van der Waals surface area contributed by atoms with Crippen molar-refractivity contribution in [2.24, 2.45) is 0 Å². The van der Waals surface area contributed by atoms with E-state index in [9.17, 15) is 9.90 Å². The summed E-state index contributed by atoms with van der Waals surface area (Å²) in [6.07, 6.45) is 0.474. The Morgan fingerprint density at radius 3 is 2.73 bits per heavy atom. The highest BCUT2D eigenvalue weighted by molar-refractivity contribution is 6.40. The summed E-state index contributed by atoms with van der Waals surface area (Å²) in [7, 11) is 0. The smallest absolute Gasteiger partial charge is 0.407 e. The molecule has 7 heteroatoms. The molecule has 0 atom stereocenters. The van der Waals surface area contributed by atoms with Crippen LogP contribution in [0.5, 0.6) is 5.75 Å². The van der Waals surface area contributed by atoms with Gasteiger partial charge in [0.15, 0.2) is 5.75 Å². The lowest BCUT2D eigenvalue weighted by Gasteiger charge is -2.21. The molecule has 0 saturated carbocycles. The van der Waals surface area contributed by atoms with Gasteiger partial charge in [-0.1, -0.05) is 23.2 Å². The van der Waals surface area contributed by atoms with Crippen LogP contribution in [0.1, 0.15) is 11.3 Å². The molecule has 3 heterocycles. The van der Waals surface area contributed by atoms with Gasteiger partial charge in [-0.25, -0.2) is 4.79 Å². The molecule has 22 heavy (non-hydrogen) atoms. The van der Waals surface area contributed by atoms with E-state index in [2.05, 4.69) is 4.57 Å². The van der Waals surface area contributed by atoms with Crippen LogP contribution in [0.15, 0.2) is 6.07 Å². The van der Waals surface area contributed by atoms with Gasteiger partial charge in [0.1, 0.15) is 6.61 Å². The van der Waals surface area contributed by atoms with E-state index in [1.165, 1.54) is 4.90 Å². The number of carboxylic acid groups (broad SMARTS) is 1. The molecule has 0 radical (unpaired) electrons. The zero-order chi connectivity index (χ0) is 15.4. The van der Waals surface area contributed by atoms with Crippen LogP contribution in [0.3, 0.4) is 0 Å². The molecule has 1 aromatic heterocycles. The van der Waals surface area contributed by atoms with Crippen molar-refractivity contribution in [2.75, 3.05) is 19.7 Å². The average Bonchev–Trinajstić information content (AvgIpc) is 2.65. The van der Waals surface area contributed by atoms with Crippen LogP contribution in [0.4, 0.5) is 4.79 Å². The van der Waals surface area contributed by atoms with Crippen molar-refractivity contribution in [3.63, 3.8) is 0 Å². The fourth-order valence-electron chi connectivity index (χ4n) is 3.54. The number of hydrogen-bond acceptors (Lipinski definition) is 2. The number of fused-ring (bicyclic) bond motifs is 3. The van der Waals surface area contributed by atoms with Crippen molar-refractivity contribution >= 4 is 40.2 Å². The largest absolute Gasteiger partial charge is 0.488 e. The molecule has 0 bridgehead atoms. The van der Waals surface area contributed by atoms with E-state index >= 15 is 0 Å². The first kappa shape index (κ1) is 14.0. The topological polar surface area (TPSA) is 54.7 Å². The van der Waals surface area contributed by atoms with Gasteiger partial charge in [-0.15, -0.1) is 0 Å². The maximum Gasteiger partial charge on any atom is 0.407 e. The number of halogens is 2. The highest BCUT2D eigenvalue weighted by Gasteiger charge is 2.29. The second kappa shape index (κ2) is 4.96. The third-order valence-electron chi connectivity index (χ3n) is 4.49. The van der Waals surface area contributed by atoms with Crippen LogP contribution in [-0.2, 0) is 19.4 Å². The van der Waals surface area contributed by atoms with E-state index in [4.69, 9.17) is 27.9 Å². The Morgan fingerprint density at radius 1 is 1.18 bits per heavy atom. The predicted octanol–water partition coefficient (Wildman–Crippen LogP) is 3.42. The molecule has 116 valence electrons. The molecule has 5 nitrogen and oxygen atoms in total. The van der Waals surface area contributed by atoms with Crippen LogP contribution < -0.4 is 4.74 Å². The molecular formula is C15H14Cl2N2O3. The quantitative estimate of drug-likeness (QED) is 0.799. The number of nitrogens with zero attached hydrogens (tertiary/aromatic N) is 2. The van der Waals surface area contributed by atoms with E-state index in [0.29, 0.717) is 48.3 Å². The third-order valence-corrected chi connectivity index (χ3v) is 5.07. The minimum Gasteiger partial charge on any atom is -0.488 e. The molecule has 0 spiro atoms. The summed E-state index contributed by atoms with van der Waals surface area (Å²) < 4.78 is 7.93. The monoisotopic (exact) mass is 340 g/mol. The summed E-state index contributed by atoms with van der Waals surface area (Å²) in [5.41, 5.74) is 3.25. The highest BCUT2D eigenvalue weighted by atomic mass is 35.5. The van der Waals surface area contributed by atoms with Crippen molar-refractivity contribution in [3.05, 3.63) is 27.4 Å². The fraction of sp³-hybridized carbons (Fsp3) is 0.400. The number of hydrogen-bond donors (Lipinski definition) is 1. The van der Waals surface area contributed by atoms with Gasteiger partial charge in [0.05, 0.1) is 22.1 Å². The average molecular weight is 341 g/mol. The Bertz CT molecular complexity index is 800. The van der Waals surface area contributed by atoms with Gasteiger partial charge < -0.3 is 19.3 Å². The second-order valence-corrected chi connectivity index (χ2v) is 6.40. The molecule has 0 saturated heterocycles. The van der Waals surface area contributed by atoms with Crippen LogP contribution in [0.25, 0.3) is 10.9 Å². The summed E-state index contributed by atoms with van der Waals surface area (Å²) >= 11 is 12.7. The first-order chi connectivity index (χ1) is 10.6. The normalized spacial score (nSPS) is 17.1. The first-order valence-corrected chi connectivity index (χ1v) is 7.96. The molecule has 4 rings (SSSR count). The maximum absolute atomic E-state index is 11.2. The molecular weight excluding hydrogens is 327 g/mol. The highest BCUT2D eigenvalue weighted by Crippen LogP contribution is 2.44. The number of carbonyl (C=O) groups is 1. The SMILES string of the molecule is O=C(O)N1CCc2c(n3c4c(c(Cl)cc(Cl)c24)OCC3)CC1. The molecule has 1 amide bonds. The summed E-state index contributed by atoms with van der Waals surface area (Å²) in [5, 5.41) is 11.3. The minimum atomic E-state index is -0.869. The molecule has 0 unspecified atom stereocenters. The molecule has 0 fully saturated rings. The maximum atomic E-state index is 11.2. The lowest BCUT2D eigenvalue weighted by molar-refractivity contribution is 0.147. The van der Waals surface area contributed by atoms with Crippen molar-refractivity contribution < 1.29 is 14.6 Å². The Kier molecular flexibility index (Phi) is 3.16. The Hall–Kier alpha value is -1.59. The van der Waals surface area contributed by atoms with Crippen molar-refractivity contribution in [2.45, 2.75) is 19.4 Å². The number of ether oxygens (including phenoxy) is 1. The van der Waals surface area contributed by atoms with E-state index in [0.717, 1.165) is 28.7 Å². The van der Waals surface area contributed by atoms with Gasteiger partial charge in [-0.2, -0.15) is 0 Å². The first-order valence-electron chi connectivity index (χ1n) is 7.20. The van der Waals surface area contributed by atoms with Crippen molar-refractivity contribution in [1.29, 1.82) is 0 Å². The predicted molar refractivity (Wildman–Crippen MR) is 84.5 cm³/mol. The standard InChI is InChI=1S/C15H14Cl2N2O3/c16-9-7-10(17)14-13-12(9)8-1-3-18(15(20)21)4-2-11(8)19(13)5-6-22-14/h7H,1-6H2,(H,20,21).